The monoisotopic (exact) mass is 238 g/mol. The minimum absolute atomic E-state index is 0.0222. The van der Waals surface area contributed by atoms with E-state index in [0.29, 0.717) is 28.1 Å². The number of anilines is 1. The highest BCUT2D eigenvalue weighted by atomic mass is 35.5. The Morgan fingerprint density at radius 2 is 2.31 bits per heavy atom. The number of nitrogens with zero attached hydrogens (tertiary/aromatic N) is 1. The smallest absolute Gasteiger partial charge is 0.260 e. The molecule has 0 spiro atoms. The third-order valence-corrected chi connectivity index (χ3v) is 2.22. The van der Waals surface area contributed by atoms with Gasteiger partial charge in [0.25, 0.3) is 5.89 Å². The summed E-state index contributed by atoms with van der Waals surface area (Å²) >= 11 is 5.92. The van der Waals surface area contributed by atoms with Gasteiger partial charge in [0.05, 0.1) is 10.7 Å². The molecule has 2 rings (SSSR count). The van der Waals surface area contributed by atoms with Crippen LogP contribution in [0.25, 0.3) is 11.1 Å². The summed E-state index contributed by atoms with van der Waals surface area (Å²) in [5.41, 5.74) is 1.30. The van der Waals surface area contributed by atoms with Gasteiger partial charge in [0.15, 0.2) is 5.58 Å². The summed E-state index contributed by atoms with van der Waals surface area (Å²) < 4.78 is 5.11. The predicted octanol–water partition coefficient (Wildman–Crippen LogP) is 2.25. The lowest BCUT2D eigenvalue weighted by Crippen LogP contribution is -2.05. The molecule has 1 N–H and O–H groups in total. The number of aromatic nitrogens is 1. The van der Waals surface area contributed by atoms with Gasteiger partial charge in [-0.3, -0.25) is 9.59 Å². The Morgan fingerprint density at radius 1 is 1.56 bits per heavy atom. The number of hydrogen-bond acceptors (Lipinski definition) is 4. The molecule has 82 valence electrons. The number of fused-ring (bicyclic) bond motifs is 1. The molecule has 0 atom stereocenters. The average Bonchev–Trinajstić information content (AvgIpc) is 2.59. The predicted molar refractivity (Wildman–Crippen MR) is 58.7 cm³/mol. The van der Waals surface area contributed by atoms with E-state index in [1.807, 2.05) is 0 Å². The van der Waals surface area contributed by atoms with Crippen LogP contribution in [0.2, 0.25) is 5.02 Å². The molecule has 5 nitrogen and oxygen atoms in total. The molecule has 0 saturated heterocycles. The molecule has 6 heteroatoms. The molecule has 2 aromatic rings. The number of nitrogens with one attached hydrogen (secondary N) is 1. The first kappa shape index (κ1) is 10.6. The van der Waals surface area contributed by atoms with Crippen LogP contribution in [0.5, 0.6) is 0 Å². The summed E-state index contributed by atoms with van der Waals surface area (Å²) in [4.78, 5) is 25.2. The lowest BCUT2D eigenvalue weighted by atomic mass is 10.3. The van der Waals surface area contributed by atoms with Crippen molar-refractivity contribution in [3.05, 3.63) is 23.0 Å². The van der Waals surface area contributed by atoms with Crippen LogP contribution in [-0.4, -0.2) is 17.2 Å². The van der Waals surface area contributed by atoms with Crippen LogP contribution in [0.3, 0.4) is 0 Å². The topological polar surface area (TPSA) is 72.2 Å². The highest BCUT2D eigenvalue weighted by molar-refractivity contribution is 6.34. The van der Waals surface area contributed by atoms with Crippen LogP contribution in [0.4, 0.5) is 5.69 Å². The van der Waals surface area contributed by atoms with E-state index < -0.39 is 0 Å². The van der Waals surface area contributed by atoms with Crippen molar-refractivity contribution in [2.24, 2.45) is 0 Å². The Morgan fingerprint density at radius 3 is 2.94 bits per heavy atom. The number of amides is 1. The van der Waals surface area contributed by atoms with Gasteiger partial charge in [0.2, 0.25) is 12.2 Å². The zero-order valence-electron chi connectivity index (χ0n) is 8.28. The summed E-state index contributed by atoms with van der Waals surface area (Å²) in [6, 6.07) is 3.05. The van der Waals surface area contributed by atoms with E-state index in [1.54, 1.807) is 0 Å². The Hall–Kier alpha value is -1.88. The van der Waals surface area contributed by atoms with Crippen molar-refractivity contribution in [1.29, 1.82) is 0 Å². The lowest BCUT2D eigenvalue weighted by molar-refractivity contribution is -0.114. The summed E-state index contributed by atoms with van der Waals surface area (Å²) in [6.45, 7) is 1.37. The molecule has 0 aliphatic heterocycles. The zero-order chi connectivity index (χ0) is 11.7. The Balaban J connectivity index is 2.55. The fourth-order valence-corrected chi connectivity index (χ4v) is 1.51. The first-order valence-corrected chi connectivity index (χ1v) is 4.81. The summed E-state index contributed by atoms with van der Waals surface area (Å²) in [5, 5.41) is 2.89. The van der Waals surface area contributed by atoms with Crippen LogP contribution >= 0.6 is 11.6 Å². The molecule has 0 fully saturated rings. The van der Waals surface area contributed by atoms with Crippen LogP contribution in [0.15, 0.2) is 16.5 Å². The van der Waals surface area contributed by atoms with E-state index >= 15 is 0 Å². The number of carbonyl (C=O) groups excluding carboxylic acids is 2. The number of aldehydes is 1. The van der Waals surface area contributed by atoms with Crippen LogP contribution in [-0.2, 0) is 4.79 Å². The van der Waals surface area contributed by atoms with Crippen molar-refractivity contribution in [3.8, 4) is 0 Å². The zero-order valence-corrected chi connectivity index (χ0v) is 9.04. The minimum Gasteiger partial charge on any atom is -0.434 e. The summed E-state index contributed by atoms with van der Waals surface area (Å²) in [6.07, 6.45) is 0.506. The van der Waals surface area contributed by atoms with Crippen molar-refractivity contribution < 1.29 is 14.0 Å². The van der Waals surface area contributed by atoms with Gasteiger partial charge in [-0.05, 0) is 6.07 Å². The van der Waals surface area contributed by atoms with Gasteiger partial charge in [-0.1, -0.05) is 11.6 Å². The van der Waals surface area contributed by atoms with Crippen LogP contribution in [0, 0.1) is 0 Å². The van der Waals surface area contributed by atoms with Gasteiger partial charge >= 0.3 is 0 Å². The van der Waals surface area contributed by atoms with Gasteiger partial charge < -0.3 is 9.73 Å². The molecule has 1 aromatic carbocycles. The van der Waals surface area contributed by atoms with Gasteiger partial charge in [0, 0.05) is 13.0 Å². The molecule has 0 radical (unpaired) electrons. The van der Waals surface area contributed by atoms with Gasteiger partial charge in [0.1, 0.15) is 5.52 Å². The fourth-order valence-electron chi connectivity index (χ4n) is 1.30. The Kier molecular flexibility index (Phi) is 2.62. The largest absolute Gasteiger partial charge is 0.434 e. The van der Waals surface area contributed by atoms with E-state index in [2.05, 4.69) is 10.3 Å². The summed E-state index contributed by atoms with van der Waals surface area (Å²) in [5.74, 6) is -0.262. The molecule has 0 unspecified atom stereocenters. The maximum atomic E-state index is 10.9. The quantitative estimate of drug-likeness (QED) is 0.815. The number of hydrogen-bond donors (Lipinski definition) is 1. The van der Waals surface area contributed by atoms with Gasteiger partial charge in [-0.15, -0.1) is 0 Å². The molecule has 1 aromatic heterocycles. The van der Waals surface area contributed by atoms with E-state index in [9.17, 15) is 9.59 Å². The van der Waals surface area contributed by atoms with E-state index in [-0.39, 0.29) is 11.8 Å². The van der Waals surface area contributed by atoms with Gasteiger partial charge in [-0.2, -0.15) is 0 Å². The second kappa shape index (κ2) is 3.94. The van der Waals surface area contributed by atoms with Crippen LogP contribution < -0.4 is 5.32 Å². The van der Waals surface area contributed by atoms with E-state index in [1.165, 1.54) is 19.1 Å². The second-order valence-electron chi connectivity index (χ2n) is 3.15. The second-order valence-corrected chi connectivity index (χ2v) is 3.56. The molecular formula is C10H7ClN2O3. The Bertz CT molecular complexity index is 577. The number of oxazole rings is 1. The molecular weight excluding hydrogens is 232 g/mol. The first-order chi connectivity index (χ1) is 7.60. The molecule has 0 bridgehead atoms. The number of halogens is 1. The van der Waals surface area contributed by atoms with Crippen molar-refractivity contribution >= 4 is 40.6 Å². The summed E-state index contributed by atoms with van der Waals surface area (Å²) in [7, 11) is 0. The third-order valence-electron chi connectivity index (χ3n) is 1.91. The van der Waals surface area contributed by atoms with Crippen molar-refractivity contribution in [2.45, 2.75) is 6.92 Å². The van der Waals surface area contributed by atoms with E-state index in [4.69, 9.17) is 16.0 Å². The maximum Gasteiger partial charge on any atom is 0.260 e. The standard InChI is InChI=1S/C10H7ClN2O3/c1-5(15)12-7-3-9-8(2-6(7)11)13-10(4-14)16-9/h2-4H,1H3,(H,12,15). The maximum absolute atomic E-state index is 10.9. The minimum atomic E-state index is -0.239. The molecule has 16 heavy (non-hydrogen) atoms. The molecule has 1 heterocycles. The lowest BCUT2D eigenvalue weighted by Gasteiger charge is -2.03. The first-order valence-electron chi connectivity index (χ1n) is 4.43. The molecule has 1 amide bonds. The normalized spacial score (nSPS) is 10.4. The van der Waals surface area contributed by atoms with Crippen molar-refractivity contribution in [3.63, 3.8) is 0 Å². The van der Waals surface area contributed by atoms with Crippen molar-refractivity contribution in [1.82, 2.24) is 4.98 Å². The Labute approximate surface area is 95.4 Å². The number of rotatable bonds is 2. The number of carbonyl (C=O) groups is 2. The fraction of sp³-hybridized carbons (Fsp3) is 0.100. The molecule has 0 aliphatic rings. The van der Waals surface area contributed by atoms with E-state index in [0.717, 1.165) is 0 Å². The highest BCUT2D eigenvalue weighted by Crippen LogP contribution is 2.28. The average molecular weight is 239 g/mol. The highest BCUT2D eigenvalue weighted by Gasteiger charge is 2.10. The van der Waals surface area contributed by atoms with Crippen molar-refractivity contribution in [2.75, 3.05) is 5.32 Å². The molecule has 0 aliphatic carbocycles. The van der Waals surface area contributed by atoms with Gasteiger partial charge in [-0.25, -0.2) is 4.98 Å². The SMILES string of the molecule is CC(=O)Nc1cc2oc(C=O)nc2cc1Cl. The van der Waals surface area contributed by atoms with Crippen LogP contribution in [0.1, 0.15) is 17.6 Å². The molecule has 0 saturated carbocycles. The third kappa shape index (κ3) is 1.90. The number of benzene rings is 1.